The molecule has 1 aromatic heterocycles. The number of hydrazone groups is 1. The van der Waals surface area contributed by atoms with Crippen LogP contribution < -0.4 is 5.43 Å². The molecule has 1 aliphatic heterocycles. The Labute approximate surface area is 104 Å². The minimum Gasteiger partial charge on any atom is -0.469 e. The van der Waals surface area contributed by atoms with Crippen molar-refractivity contribution in [3.63, 3.8) is 0 Å². The topological polar surface area (TPSA) is 102 Å². The van der Waals surface area contributed by atoms with E-state index in [-0.39, 0.29) is 5.91 Å². The van der Waals surface area contributed by atoms with E-state index in [2.05, 4.69) is 10.5 Å². The third-order valence-corrected chi connectivity index (χ3v) is 2.94. The number of nitriles is 2. The van der Waals surface area contributed by atoms with E-state index in [9.17, 15) is 4.79 Å². The SMILES string of the molecule is CC1=NNC(=O)[C@@H]1[C@@H](c1ccco1)C(C#N)C#N. The van der Waals surface area contributed by atoms with Gasteiger partial charge in [-0.15, -0.1) is 0 Å². The van der Waals surface area contributed by atoms with Gasteiger partial charge >= 0.3 is 0 Å². The average molecular weight is 242 g/mol. The van der Waals surface area contributed by atoms with Crippen LogP contribution in [0.25, 0.3) is 0 Å². The monoisotopic (exact) mass is 242 g/mol. The van der Waals surface area contributed by atoms with Gasteiger partial charge in [0, 0.05) is 5.71 Å². The van der Waals surface area contributed by atoms with Crippen LogP contribution >= 0.6 is 0 Å². The van der Waals surface area contributed by atoms with Gasteiger partial charge in [-0.25, -0.2) is 5.43 Å². The highest BCUT2D eigenvalue weighted by atomic mass is 16.3. The first-order chi connectivity index (χ1) is 8.69. The molecule has 2 atom stereocenters. The lowest BCUT2D eigenvalue weighted by Crippen LogP contribution is -2.31. The van der Waals surface area contributed by atoms with Crippen LogP contribution in [0.1, 0.15) is 18.6 Å². The fraction of sp³-hybridized carbons (Fsp3) is 0.333. The Balaban J connectivity index is 2.44. The van der Waals surface area contributed by atoms with Crippen LogP contribution in [0.5, 0.6) is 0 Å². The number of nitrogens with zero attached hydrogens (tertiary/aromatic N) is 3. The highest BCUT2D eigenvalue weighted by Gasteiger charge is 2.42. The number of hydrogen-bond acceptors (Lipinski definition) is 5. The molecule has 0 radical (unpaired) electrons. The minimum atomic E-state index is -0.963. The van der Waals surface area contributed by atoms with Crippen LogP contribution in [0.15, 0.2) is 27.9 Å². The zero-order valence-electron chi connectivity index (χ0n) is 9.62. The third kappa shape index (κ3) is 1.85. The predicted octanol–water partition coefficient (Wildman–Crippen LogP) is 1.15. The van der Waals surface area contributed by atoms with Crippen molar-refractivity contribution < 1.29 is 9.21 Å². The molecule has 0 bridgehead atoms. The molecule has 0 saturated heterocycles. The number of hydrogen-bond donors (Lipinski definition) is 1. The standard InChI is InChI=1S/C12H10N4O2/c1-7-10(12(17)16-15-7)11(8(5-13)6-14)9-3-2-4-18-9/h2-4,8,10-11H,1H3,(H,16,17)/t10-,11+/m0/s1. The fourth-order valence-corrected chi connectivity index (χ4v) is 2.09. The molecule has 6 heteroatoms. The number of carbonyl (C=O) groups excluding carboxylic acids is 1. The second-order valence-electron chi connectivity index (χ2n) is 3.98. The van der Waals surface area contributed by atoms with Crippen molar-refractivity contribution in [3.8, 4) is 12.1 Å². The molecule has 90 valence electrons. The minimum absolute atomic E-state index is 0.315. The molecule has 0 fully saturated rings. The van der Waals surface area contributed by atoms with Gasteiger partial charge in [0.2, 0.25) is 5.91 Å². The average Bonchev–Trinajstić information content (AvgIpc) is 2.99. The Bertz CT molecular complexity index is 548. The molecular weight excluding hydrogens is 232 g/mol. The van der Waals surface area contributed by atoms with E-state index in [1.54, 1.807) is 19.1 Å². The summed E-state index contributed by atoms with van der Waals surface area (Å²) in [6.45, 7) is 1.68. The largest absolute Gasteiger partial charge is 0.469 e. The molecule has 2 rings (SSSR count). The Morgan fingerprint density at radius 1 is 1.50 bits per heavy atom. The lowest BCUT2D eigenvalue weighted by atomic mass is 9.79. The van der Waals surface area contributed by atoms with Crippen LogP contribution in [0.4, 0.5) is 0 Å². The van der Waals surface area contributed by atoms with Crippen LogP contribution in [0, 0.1) is 34.5 Å². The van der Waals surface area contributed by atoms with Crippen LogP contribution in [-0.4, -0.2) is 11.6 Å². The fourth-order valence-electron chi connectivity index (χ4n) is 2.09. The van der Waals surface area contributed by atoms with Crippen molar-refractivity contribution in [2.24, 2.45) is 16.9 Å². The van der Waals surface area contributed by atoms with Gasteiger partial charge in [0.25, 0.3) is 0 Å². The van der Waals surface area contributed by atoms with E-state index in [4.69, 9.17) is 14.9 Å². The Morgan fingerprint density at radius 2 is 2.22 bits per heavy atom. The molecule has 1 amide bonds. The summed E-state index contributed by atoms with van der Waals surface area (Å²) in [7, 11) is 0. The van der Waals surface area contributed by atoms with Crippen molar-refractivity contribution in [1.29, 1.82) is 10.5 Å². The maximum atomic E-state index is 11.8. The number of rotatable bonds is 3. The summed E-state index contributed by atoms with van der Waals surface area (Å²) in [5, 5.41) is 21.9. The molecular formula is C12H10N4O2. The van der Waals surface area contributed by atoms with Gasteiger partial charge in [0.1, 0.15) is 11.7 Å². The summed E-state index contributed by atoms with van der Waals surface area (Å²) in [5.41, 5.74) is 2.91. The number of furan rings is 1. The Hall–Kier alpha value is -2.60. The second kappa shape index (κ2) is 4.72. The zero-order valence-corrected chi connectivity index (χ0v) is 9.62. The van der Waals surface area contributed by atoms with Gasteiger partial charge in [-0.3, -0.25) is 4.79 Å². The van der Waals surface area contributed by atoms with Gasteiger partial charge in [-0.1, -0.05) is 0 Å². The summed E-state index contributed by atoms with van der Waals surface area (Å²) < 4.78 is 5.25. The molecule has 1 aromatic rings. The van der Waals surface area contributed by atoms with Crippen molar-refractivity contribution in [1.82, 2.24) is 5.43 Å². The Kier molecular flexibility index (Phi) is 3.11. The van der Waals surface area contributed by atoms with E-state index < -0.39 is 17.8 Å². The lowest BCUT2D eigenvalue weighted by Gasteiger charge is -2.20. The van der Waals surface area contributed by atoms with E-state index in [0.717, 1.165) is 0 Å². The van der Waals surface area contributed by atoms with Crippen LogP contribution in [0.2, 0.25) is 0 Å². The molecule has 2 heterocycles. The van der Waals surface area contributed by atoms with Crippen LogP contribution in [-0.2, 0) is 4.79 Å². The van der Waals surface area contributed by atoms with Gasteiger partial charge in [-0.2, -0.15) is 15.6 Å². The molecule has 0 spiro atoms. The van der Waals surface area contributed by atoms with Crippen molar-refractivity contribution >= 4 is 11.6 Å². The zero-order chi connectivity index (χ0) is 13.1. The molecule has 1 aliphatic rings. The summed E-state index contributed by atoms with van der Waals surface area (Å²) in [5.74, 6) is -2.11. The third-order valence-electron chi connectivity index (χ3n) is 2.94. The van der Waals surface area contributed by atoms with E-state index in [1.807, 2.05) is 12.1 Å². The van der Waals surface area contributed by atoms with Crippen molar-refractivity contribution in [2.75, 3.05) is 0 Å². The highest BCUT2D eigenvalue weighted by Crippen LogP contribution is 2.35. The first-order valence-electron chi connectivity index (χ1n) is 5.35. The molecule has 18 heavy (non-hydrogen) atoms. The van der Waals surface area contributed by atoms with Crippen LogP contribution in [0.3, 0.4) is 0 Å². The van der Waals surface area contributed by atoms with Crippen molar-refractivity contribution in [3.05, 3.63) is 24.2 Å². The summed E-state index contributed by atoms with van der Waals surface area (Å²) >= 11 is 0. The molecule has 6 nitrogen and oxygen atoms in total. The molecule has 0 aliphatic carbocycles. The van der Waals surface area contributed by atoms with Gasteiger partial charge in [0.05, 0.1) is 30.2 Å². The molecule has 0 unspecified atom stereocenters. The van der Waals surface area contributed by atoms with Gasteiger partial charge < -0.3 is 4.42 Å². The predicted molar refractivity (Wildman–Crippen MR) is 60.9 cm³/mol. The van der Waals surface area contributed by atoms with Gasteiger partial charge in [0.15, 0.2) is 0 Å². The summed E-state index contributed by atoms with van der Waals surface area (Å²) in [4.78, 5) is 11.8. The summed E-state index contributed by atoms with van der Waals surface area (Å²) in [6.07, 6.45) is 1.45. The molecule has 0 saturated carbocycles. The maximum absolute atomic E-state index is 11.8. The normalized spacial score (nSPS) is 19.9. The smallest absolute Gasteiger partial charge is 0.249 e. The second-order valence-corrected chi connectivity index (χ2v) is 3.98. The number of amides is 1. The van der Waals surface area contributed by atoms with E-state index >= 15 is 0 Å². The van der Waals surface area contributed by atoms with E-state index in [0.29, 0.717) is 11.5 Å². The maximum Gasteiger partial charge on any atom is 0.249 e. The quantitative estimate of drug-likeness (QED) is 0.858. The van der Waals surface area contributed by atoms with Crippen molar-refractivity contribution in [2.45, 2.75) is 12.8 Å². The molecule has 0 aromatic carbocycles. The Morgan fingerprint density at radius 3 is 2.67 bits per heavy atom. The highest BCUT2D eigenvalue weighted by molar-refractivity contribution is 6.07. The first-order valence-corrected chi connectivity index (χ1v) is 5.35. The first kappa shape index (κ1) is 11.9. The lowest BCUT2D eigenvalue weighted by molar-refractivity contribution is -0.122. The van der Waals surface area contributed by atoms with E-state index in [1.165, 1.54) is 6.26 Å². The summed E-state index contributed by atoms with van der Waals surface area (Å²) in [6, 6.07) is 7.12. The molecule has 1 N–H and O–H groups in total. The number of nitrogens with one attached hydrogen (secondary N) is 1. The number of carbonyl (C=O) groups is 1. The van der Waals surface area contributed by atoms with Gasteiger partial charge in [-0.05, 0) is 19.1 Å².